The van der Waals surface area contributed by atoms with Gasteiger partial charge in [-0.3, -0.25) is 9.48 Å². The van der Waals surface area contributed by atoms with E-state index in [1.165, 1.54) is 6.33 Å². The second-order valence-corrected chi connectivity index (χ2v) is 6.35. The highest BCUT2D eigenvalue weighted by Gasteiger charge is 2.14. The van der Waals surface area contributed by atoms with Gasteiger partial charge in [-0.15, -0.1) is 0 Å². The van der Waals surface area contributed by atoms with Crippen LogP contribution in [0, 0.1) is 0 Å². The van der Waals surface area contributed by atoms with Gasteiger partial charge in [-0.25, -0.2) is 9.78 Å². The normalized spacial score (nSPS) is 11.9. The fraction of sp³-hybridized carbons (Fsp3) is 0.375. The summed E-state index contributed by atoms with van der Waals surface area (Å²) in [5.74, 6) is -0.288. The van der Waals surface area contributed by atoms with Crippen LogP contribution in [-0.2, 0) is 6.54 Å². The Hall–Kier alpha value is -2.61. The smallest absolute Gasteiger partial charge is 0.319 e. The minimum absolute atomic E-state index is 0.0129. The summed E-state index contributed by atoms with van der Waals surface area (Å²) in [4.78, 5) is 28.1. The molecule has 0 bridgehead atoms. The second kappa shape index (κ2) is 8.48. The Morgan fingerprint density at radius 1 is 1.24 bits per heavy atom. The van der Waals surface area contributed by atoms with E-state index in [-0.39, 0.29) is 24.0 Å². The number of urea groups is 1. The van der Waals surface area contributed by atoms with Crippen LogP contribution in [-0.4, -0.2) is 38.8 Å². The highest BCUT2D eigenvalue weighted by Crippen LogP contribution is 2.20. The highest BCUT2D eigenvalue weighted by molar-refractivity contribution is 6.34. The minimum Gasteiger partial charge on any atom is -0.350 e. The van der Waals surface area contributed by atoms with Gasteiger partial charge in [-0.1, -0.05) is 11.6 Å². The molecule has 0 spiro atoms. The first-order chi connectivity index (χ1) is 11.8. The number of benzene rings is 1. The van der Waals surface area contributed by atoms with Gasteiger partial charge in [0.25, 0.3) is 5.91 Å². The Kier molecular flexibility index (Phi) is 6.35. The average molecular weight is 365 g/mol. The van der Waals surface area contributed by atoms with Gasteiger partial charge in [0.05, 0.1) is 17.1 Å². The third-order valence-electron chi connectivity index (χ3n) is 3.19. The van der Waals surface area contributed by atoms with Crippen LogP contribution in [0.2, 0.25) is 5.02 Å². The lowest BCUT2D eigenvalue weighted by Gasteiger charge is -2.15. The molecule has 1 atom stereocenters. The van der Waals surface area contributed by atoms with Crippen molar-refractivity contribution >= 4 is 29.2 Å². The van der Waals surface area contributed by atoms with Crippen LogP contribution >= 0.6 is 11.6 Å². The van der Waals surface area contributed by atoms with Gasteiger partial charge in [0.15, 0.2) is 0 Å². The SMILES string of the molecule is CC(C)NC(=O)c1cc(NC(=O)N[C@H](C)Cn2cncn2)ccc1Cl. The van der Waals surface area contributed by atoms with Crippen molar-refractivity contribution in [2.75, 3.05) is 5.32 Å². The van der Waals surface area contributed by atoms with Crippen molar-refractivity contribution in [3.05, 3.63) is 41.4 Å². The summed E-state index contributed by atoms with van der Waals surface area (Å²) in [6, 6.07) is 4.20. The van der Waals surface area contributed by atoms with E-state index in [2.05, 4.69) is 26.0 Å². The summed E-state index contributed by atoms with van der Waals surface area (Å²) in [5.41, 5.74) is 0.785. The number of halogens is 1. The fourth-order valence-corrected chi connectivity index (χ4v) is 2.36. The van der Waals surface area contributed by atoms with Crippen LogP contribution in [0.1, 0.15) is 31.1 Å². The van der Waals surface area contributed by atoms with Gasteiger partial charge in [0, 0.05) is 17.8 Å². The zero-order valence-corrected chi connectivity index (χ0v) is 15.0. The quantitative estimate of drug-likeness (QED) is 0.731. The number of carbonyl (C=O) groups is 2. The van der Waals surface area contributed by atoms with E-state index in [9.17, 15) is 9.59 Å². The predicted octanol–water partition coefficient (Wildman–Crippen LogP) is 2.28. The molecule has 1 heterocycles. The lowest BCUT2D eigenvalue weighted by molar-refractivity contribution is 0.0943. The predicted molar refractivity (Wildman–Crippen MR) is 95.7 cm³/mol. The summed E-state index contributed by atoms with van der Waals surface area (Å²) < 4.78 is 1.63. The number of nitrogens with zero attached hydrogens (tertiary/aromatic N) is 3. The number of rotatable bonds is 6. The maximum absolute atomic E-state index is 12.1. The molecule has 9 heteroatoms. The number of hydrogen-bond acceptors (Lipinski definition) is 4. The number of nitrogens with one attached hydrogen (secondary N) is 3. The molecule has 25 heavy (non-hydrogen) atoms. The number of anilines is 1. The van der Waals surface area contributed by atoms with Crippen molar-refractivity contribution < 1.29 is 9.59 Å². The molecule has 134 valence electrons. The lowest BCUT2D eigenvalue weighted by atomic mass is 10.1. The number of hydrogen-bond donors (Lipinski definition) is 3. The second-order valence-electron chi connectivity index (χ2n) is 5.94. The first-order valence-corrected chi connectivity index (χ1v) is 8.23. The van der Waals surface area contributed by atoms with E-state index in [1.807, 2.05) is 20.8 Å². The number of carbonyl (C=O) groups excluding carboxylic acids is 2. The van der Waals surface area contributed by atoms with Gasteiger partial charge in [-0.2, -0.15) is 5.10 Å². The van der Waals surface area contributed by atoms with Crippen LogP contribution in [0.3, 0.4) is 0 Å². The molecule has 0 fully saturated rings. The van der Waals surface area contributed by atoms with E-state index in [0.717, 1.165) is 0 Å². The zero-order valence-electron chi connectivity index (χ0n) is 14.3. The molecule has 0 aliphatic carbocycles. The molecule has 8 nitrogen and oxygen atoms in total. The standard InChI is InChI=1S/C16H21ClN6O2/c1-10(2)20-15(24)13-6-12(4-5-14(13)17)22-16(25)21-11(3)7-23-9-18-8-19-23/h4-6,8-11H,7H2,1-3H3,(H,20,24)(H2,21,22,25)/t11-/m1/s1. The third-order valence-corrected chi connectivity index (χ3v) is 3.52. The van der Waals surface area contributed by atoms with Crippen LogP contribution in [0.15, 0.2) is 30.9 Å². The molecular weight excluding hydrogens is 344 g/mol. The summed E-state index contributed by atoms with van der Waals surface area (Å²) in [7, 11) is 0. The Labute approximate surface area is 151 Å². The lowest BCUT2D eigenvalue weighted by Crippen LogP contribution is -2.38. The molecular formula is C16H21ClN6O2. The molecule has 0 aliphatic rings. The van der Waals surface area contributed by atoms with Crippen molar-refractivity contribution in [2.24, 2.45) is 0 Å². The van der Waals surface area contributed by atoms with Gasteiger partial charge < -0.3 is 16.0 Å². The van der Waals surface area contributed by atoms with E-state index < -0.39 is 0 Å². The number of aromatic nitrogens is 3. The molecule has 0 saturated heterocycles. The Balaban J connectivity index is 1.97. The van der Waals surface area contributed by atoms with Gasteiger partial charge in [0.2, 0.25) is 0 Å². The monoisotopic (exact) mass is 364 g/mol. The van der Waals surface area contributed by atoms with Crippen LogP contribution in [0.25, 0.3) is 0 Å². The Morgan fingerprint density at radius 3 is 2.64 bits per heavy atom. The van der Waals surface area contributed by atoms with Gasteiger partial charge in [0.1, 0.15) is 12.7 Å². The van der Waals surface area contributed by atoms with E-state index in [4.69, 9.17) is 11.6 Å². The molecule has 0 saturated carbocycles. The van der Waals surface area contributed by atoms with Crippen molar-refractivity contribution in [3.8, 4) is 0 Å². The summed E-state index contributed by atoms with van der Waals surface area (Å²) >= 11 is 6.07. The number of amides is 3. The van der Waals surface area contributed by atoms with Crippen LogP contribution in [0.4, 0.5) is 10.5 Å². The maximum atomic E-state index is 12.1. The first kappa shape index (κ1) is 18.7. The minimum atomic E-state index is -0.384. The first-order valence-electron chi connectivity index (χ1n) is 7.85. The van der Waals surface area contributed by atoms with Gasteiger partial charge in [-0.05, 0) is 39.0 Å². The Bertz CT molecular complexity index is 732. The van der Waals surface area contributed by atoms with Crippen molar-refractivity contribution in [3.63, 3.8) is 0 Å². The highest BCUT2D eigenvalue weighted by atomic mass is 35.5. The Morgan fingerprint density at radius 2 is 2.00 bits per heavy atom. The molecule has 2 rings (SSSR count). The summed E-state index contributed by atoms with van der Waals surface area (Å²) in [6.45, 7) is 6.07. The molecule has 1 aromatic heterocycles. The van der Waals surface area contributed by atoms with E-state index >= 15 is 0 Å². The molecule has 2 aromatic rings. The van der Waals surface area contributed by atoms with Crippen molar-refractivity contribution in [2.45, 2.75) is 39.4 Å². The third kappa shape index (κ3) is 5.75. The molecule has 3 N–H and O–H groups in total. The zero-order chi connectivity index (χ0) is 18.4. The molecule has 0 radical (unpaired) electrons. The topological polar surface area (TPSA) is 101 Å². The van der Waals surface area contributed by atoms with Crippen molar-refractivity contribution in [1.29, 1.82) is 0 Å². The molecule has 0 unspecified atom stereocenters. The molecule has 0 aliphatic heterocycles. The maximum Gasteiger partial charge on any atom is 0.319 e. The molecule has 3 amide bonds. The summed E-state index contributed by atoms with van der Waals surface area (Å²) in [6.07, 6.45) is 3.01. The van der Waals surface area contributed by atoms with Gasteiger partial charge >= 0.3 is 6.03 Å². The van der Waals surface area contributed by atoms with E-state index in [1.54, 1.807) is 29.2 Å². The summed E-state index contributed by atoms with van der Waals surface area (Å²) in [5, 5.41) is 12.6. The molecule has 1 aromatic carbocycles. The largest absolute Gasteiger partial charge is 0.350 e. The van der Waals surface area contributed by atoms with Crippen LogP contribution in [0.5, 0.6) is 0 Å². The van der Waals surface area contributed by atoms with Crippen LogP contribution < -0.4 is 16.0 Å². The average Bonchev–Trinajstić information content (AvgIpc) is 3.00. The van der Waals surface area contributed by atoms with Crippen molar-refractivity contribution in [1.82, 2.24) is 25.4 Å². The van der Waals surface area contributed by atoms with E-state index in [0.29, 0.717) is 22.8 Å². The fourth-order valence-electron chi connectivity index (χ4n) is 2.16.